The number of carbonyl (C=O) groups is 1. The molecule has 1 N–H and O–H groups in total. The summed E-state index contributed by atoms with van der Waals surface area (Å²) in [5, 5.41) is 6.71. The lowest BCUT2D eigenvalue weighted by Gasteiger charge is -2.08. The van der Waals surface area contributed by atoms with Crippen LogP contribution in [0.1, 0.15) is 28.7 Å². The molecule has 0 atom stereocenters. The van der Waals surface area contributed by atoms with Gasteiger partial charge in [0.25, 0.3) is 5.91 Å². The van der Waals surface area contributed by atoms with Crippen LogP contribution in [0, 0.1) is 6.92 Å². The van der Waals surface area contributed by atoms with Gasteiger partial charge < -0.3 is 14.6 Å². The molecule has 6 heteroatoms. The fourth-order valence-corrected chi connectivity index (χ4v) is 2.40. The van der Waals surface area contributed by atoms with Gasteiger partial charge in [0.05, 0.1) is 13.2 Å². The lowest BCUT2D eigenvalue weighted by molar-refractivity contribution is 0.0946. The first-order chi connectivity index (χ1) is 12.2. The van der Waals surface area contributed by atoms with Gasteiger partial charge in [0, 0.05) is 11.1 Å². The van der Waals surface area contributed by atoms with E-state index in [9.17, 15) is 4.79 Å². The van der Waals surface area contributed by atoms with Crippen LogP contribution in [0.3, 0.4) is 0 Å². The first-order valence-corrected chi connectivity index (χ1v) is 8.07. The average molecular weight is 337 g/mol. The SMILES string of the molecule is CCOc1ccc(C(=O)NCc2nc(-c3ccccc3)no2)cc1C. The maximum Gasteiger partial charge on any atom is 0.251 e. The van der Waals surface area contributed by atoms with Crippen molar-refractivity contribution in [1.29, 1.82) is 0 Å². The predicted molar refractivity (Wildman–Crippen MR) is 93.3 cm³/mol. The van der Waals surface area contributed by atoms with E-state index in [0.29, 0.717) is 23.9 Å². The number of nitrogens with zero attached hydrogens (tertiary/aromatic N) is 2. The second-order valence-electron chi connectivity index (χ2n) is 5.47. The van der Waals surface area contributed by atoms with Gasteiger partial charge in [0.15, 0.2) is 0 Å². The molecule has 0 radical (unpaired) electrons. The molecule has 1 aromatic heterocycles. The molecule has 1 heterocycles. The van der Waals surface area contributed by atoms with E-state index in [1.807, 2.05) is 44.2 Å². The van der Waals surface area contributed by atoms with Crippen LogP contribution >= 0.6 is 0 Å². The highest BCUT2D eigenvalue weighted by molar-refractivity contribution is 5.94. The van der Waals surface area contributed by atoms with E-state index < -0.39 is 0 Å². The number of carbonyl (C=O) groups excluding carboxylic acids is 1. The van der Waals surface area contributed by atoms with Crippen LogP contribution in [0.5, 0.6) is 5.75 Å². The van der Waals surface area contributed by atoms with Gasteiger partial charge in [-0.25, -0.2) is 0 Å². The van der Waals surface area contributed by atoms with E-state index in [1.165, 1.54) is 0 Å². The van der Waals surface area contributed by atoms with Crippen LogP contribution in [0.4, 0.5) is 0 Å². The molecule has 0 unspecified atom stereocenters. The Morgan fingerprint density at radius 1 is 1.20 bits per heavy atom. The highest BCUT2D eigenvalue weighted by Crippen LogP contribution is 2.19. The topological polar surface area (TPSA) is 77.2 Å². The van der Waals surface area contributed by atoms with E-state index >= 15 is 0 Å². The number of hydrogen-bond acceptors (Lipinski definition) is 5. The van der Waals surface area contributed by atoms with Crippen LogP contribution in [-0.2, 0) is 6.54 Å². The van der Waals surface area contributed by atoms with Crippen LogP contribution in [0.25, 0.3) is 11.4 Å². The zero-order valence-corrected chi connectivity index (χ0v) is 14.2. The van der Waals surface area contributed by atoms with E-state index in [0.717, 1.165) is 16.9 Å². The summed E-state index contributed by atoms with van der Waals surface area (Å²) >= 11 is 0. The highest BCUT2D eigenvalue weighted by atomic mass is 16.5. The number of amides is 1. The first-order valence-electron chi connectivity index (χ1n) is 8.07. The molecule has 25 heavy (non-hydrogen) atoms. The van der Waals surface area contributed by atoms with Gasteiger partial charge in [0.1, 0.15) is 5.75 Å². The summed E-state index contributed by atoms with van der Waals surface area (Å²) in [6.07, 6.45) is 0. The fourth-order valence-electron chi connectivity index (χ4n) is 2.40. The molecule has 0 saturated carbocycles. The van der Waals surface area contributed by atoms with Gasteiger partial charge in [-0.15, -0.1) is 0 Å². The number of benzene rings is 2. The number of aromatic nitrogens is 2. The van der Waals surface area contributed by atoms with Crippen LogP contribution < -0.4 is 10.1 Å². The second-order valence-corrected chi connectivity index (χ2v) is 5.47. The standard InChI is InChI=1S/C19H19N3O3/c1-3-24-16-10-9-15(11-13(16)2)19(23)20-12-17-21-18(22-25-17)14-7-5-4-6-8-14/h4-11H,3,12H2,1-2H3,(H,20,23). The number of nitrogens with one attached hydrogen (secondary N) is 1. The third kappa shape index (κ3) is 4.03. The maximum atomic E-state index is 12.3. The smallest absolute Gasteiger partial charge is 0.251 e. The fraction of sp³-hybridized carbons (Fsp3) is 0.211. The molecular weight excluding hydrogens is 318 g/mol. The van der Waals surface area contributed by atoms with E-state index in [1.54, 1.807) is 18.2 Å². The minimum atomic E-state index is -0.203. The third-order valence-corrected chi connectivity index (χ3v) is 3.64. The Morgan fingerprint density at radius 2 is 2.00 bits per heavy atom. The van der Waals surface area contributed by atoms with E-state index in [-0.39, 0.29) is 12.5 Å². The zero-order valence-electron chi connectivity index (χ0n) is 14.2. The molecular formula is C19H19N3O3. The molecule has 6 nitrogen and oxygen atoms in total. The van der Waals surface area contributed by atoms with Crippen molar-refractivity contribution in [2.75, 3.05) is 6.61 Å². The number of hydrogen-bond donors (Lipinski definition) is 1. The van der Waals surface area contributed by atoms with Crippen molar-refractivity contribution in [2.45, 2.75) is 20.4 Å². The first kappa shape index (κ1) is 16.7. The quantitative estimate of drug-likeness (QED) is 0.746. The predicted octanol–water partition coefficient (Wildman–Crippen LogP) is 3.37. The molecule has 0 saturated heterocycles. The largest absolute Gasteiger partial charge is 0.494 e. The van der Waals surface area contributed by atoms with Crippen molar-refractivity contribution in [2.24, 2.45) is 0 Å². The summed E-state index contributed by atoms with van der Waals surface area (Å²) < 4.78 is 10.7. The normalized spacial score (nSPS) is 10.5. The Labute approximate surface area is 145 Å². The van der Waals surface area contributed by atoms with Gasteiger partial charge in [-0.1, -0.05) is 35.5 Å². The molecule has 0 bridgehead atoms. The Hall–Kier alpha value is -3.15. The van der Waals surface area contributed by atoms with Gasteiger partial charge >= 0.3 is 0 Å². The molecule has 0 aliphatic carbocycles. The summed E-state index contributed by atoms with van der Waals surface area (Å²) in [7, 11) is 0. The average Bonchev–Trinajstić information content (AvgIpc) is 3.11. The van der Waals surface area contributed by atoms with E-state index in [4.69, 9.17) is 9.26 Å². The van der Waals surface area contributed by atoms with Crippen molar-refractivity contribution in [3.8, 4) is 17.1 Å². The van der Waals surface area contributed by atoms with Gasteiger partial charge in [0.2, 0.25) is 11.7 Å². The minimum absolute atomic E-state index is 0.172. The maximum absolute atomic E-state index is 12.3. The number of ether oxygens (including phenoxy) is 1. The highest BCUT2D eigenvalue weighted by Gasteiger charge is 2.12. The van der Waals surface area contributed by atoms with Crippen LogP contribution in [0.15, 0.2) is 53.1 Å². The van der Waals surface area contributed by atoms with Crippen LogP contribution in [0.2, 0.25) is 0 Å². The van der Waals surface area contributed by atoms with Crippen molar-refractivity contribution < 1.29 is 14.1 Å². The zero-order chi connectivity index (χ0) is 17.6. The van der Waals surface area contributed by atoms with Gasteiger partial charge in [-0.3, -0.25) is 4.79 Å². The molecule has 0 aliphatic heterocycles. The summed E-state index contributed by atoms with van der Waals surface area (Å²) in [6.45, 7) is 4.60. The molecule has 0 aliphatic rings. The van der Waals surface area contributed by atoms with Crippen molar-refractivity contribution in [3.05, 3.63) is 65.5 Å². The number of aryl methyl sites for hydroxylation is 1. The molecule has 3 rings (SSSR count). The van der Waals surface area contributed by atoms with Crippen molar-refractivity contribution >= 4 is 5.91 Å². The van der Waals surface area contributed by atoms with Gasteiger partial charge in [-0.05, 0) is 37.6 Å². The van der Waals surface area contributed by atoms with Crippen molar-refractivity contribution in [1.82, 2.24) is 15.5 Å². The Balaban J connectivity index is 1.63. The Kier molecular flexibility index (Phi) is 5.09. The van der Waals surface area contributed by atoms with Crippen LogP contribution in [-0.4, -0.2) is 22.7 Å². The molecule has 3 aromatic rings. The lowest BCUT2D eigenvalue weighted by Crippen LogP contribution is -2.23. The summed E-state index contributed by atoms with van der Waals surface area (Å²) in [4.78, 5) is 16.6. The Morgan fingerprint density at radius 3 is 2.72 bits per heavy atom. The Bertz CT molecular complexity index is 859. The summed E-state index contributed by atoms with van der Waals surface area (Å²) in [6, 6.07) is 14.9. The monoisotopic (exact) mass is 337 g/mol. The summed E-state index contributed by atoms with van der Waals surface area (Å²) in [5.41, 5.74) is 2.34. The lowest BCUT2D eigenvalue weighted by atomic mass is 10.1. The van der Waals surface area contributed by atoms with Crippen molar-refractivity contribution in [3.63, 3.8) is 0 Å². The van der Waals surface area contributed by atoms with E-state index in [2.05, 4.69) is 15.5 Å². The molecule has 2 aromatic carbocycles. The molecule has 0 spiro atoms. The minimum Gasteiger partial charge on any atom is -0.494 e. The summed E-state index contributed by atoms with van der Waals surface area (Å²) in [5.74, 6) is 1.44. The molecule has 128 valence electrons. The molecule has 0 fully saturated rings. The number of rotatable bonds is 6. The third-order valence-electron chi connectivity index (χ3n) is 3.64. The second kappa shape index (κ2) is 7.61. The van der Waals surface area contributed by atoms with Gasteiger partial charge in [-0.2, -0.15) is 4.98 Å². The molecule has 1 amide bonds.